The molecule has 0 fully saturated rings. The Bertz CT molecular complexity index is 1160. The van der Waals surface area contributed by atoms with Gasteiger partial charge in [-0.2, -0.15) is 4.98 Å². The van der Waals surface area contributed by atoms with Gasteiger partial charge in [0.15, 0.2) is 0 Å². The van der Waals surface area contributed by atoms with Crippen LogP contribution in [0.25, 0.3) is 10.9 Å². The van der Waals surface area contributed by atoms with Crippen LogP contribution in [-0.4, -0.2) is 43.2 Å². The molecule has 1 aromatic heterocycles. The third-order valence-electron chi connectivity index (χ3n) is 5.89. The van der Waals surface area contributed by atoms with Crippen LogP contribution >= 0.6 is 0 Å². The van der Waals surface area contributed by atoms with Crippen molar-refractivity contribution in [1.29, 1.82) is 0 Å². The predicted molar refractivity (Wildman–Crippen MR) is 150 cm³/mol. The maximum absolute atomic E-state index is 6.09. The number of amidine groups is 1. The van der Waals surface area contributed by atoms with Crippen LogP contribution in [0.2, 0.25) is 0 Å². The molecule has 2 aromatic carbocycles. The smallest absolute Gasteiger partial charge is 0.225 e. The topological polar surface area (TPSA) is 80.7 Å². The highest BCUT2D eigenvalue weighted by atomic mass is 16.5. The molecule has 4 rings (SSSR count). The fourth-order valence-corrected chi connectivity index (χ4v) is 3.84. The molecule has 1 aliphatic heterocycles. The Kier molecular flexibility index (Phi) is 11.2. The maximum Gasteiger partial charge on any atom is 0.225 e. The van der Waals surface area contributed by atoms with E-state index in [9.17, 15) is 0 Å². The van der Waals surface area contributed by atoms with Crippen molar-refractivity contribution in [3.63, 3.8) is 0 Å². The molecule has 0 atom stereocenters. The number of rotatable bonds is 1. The highest BCUT2D eigenvalue weighted by molar-refractivity contribution is 6.07. The van der Waals surface area contributed by atoms with Crippen molar-refractivity contribution in [2.24, 2.45) is 4.99 Å². The molecule has 3 aromatic rings. The van der Waals surface area contributed by atoms with Gasteiger partial charge in [0.05, 0.1) is 12.1 Å². The van der Waals surface area contributed by atoms with Crippen molar-refractivity contribution in [2.75, 3.05) is 38.0 Å². The molecule has 2 heterocycles. The zero-order chi connectivity index (χ0) is 25.6. The molecule has 0 aliphatic carbocycles. The normalized spacial score (nSPS) is 17.6. The third-order valence-corrected chi connectivity index (χ3v) is 5.89. The average Bonchev–Trinajstić information content (AvgIpc) is 2.91. The standard InChI is InChI=1S/C26H31N5O.C3H8O/c1-19-11-5-3-4-10-16-32-23-15-9-6-12-20(23)18-28-26-29-22-14-8-7-13-21(22)25(31-26)30-24(17-19)27-2;1-3-4-2/h6-9,12-15,17H,3-5,10-11,16,18H2,1-2H3,(H2,27,28,29,30,31);3H2,1-2H3/b19-17+;. The lowest BCUT2D eigenvalue weighted by Crippen LogP contribution is -2.13. The molecule has 2 bridgehead atoms. The highest BCUT2D eigenvalue weighted by Crippen LogP contribution is 2.24. The van der Waals surface area contributed by atoms with E-state index in [1.807, 2.05) is 49.4 Å². The van der Waals surface area contributed by atoms with Crippen LogP contribution in [0, 0.1) is 0 Å². The van der Waals surface area contributed by atoms with Crippen molar-refractivity contribution < 1.29 is 9.47 Å². The number of nitrogens with zero attached hydrogens (tertiary/aromatic N) is 3. The summed E-state index contributed by atoms with van der Waals surface area (Å²) in [5, 5.41) is 7.77. The van der Waals surface area contributed by atoms with Gasteiger partial charge in [0.1, 0.15) is 17.4 Å². The van der Waals surface area contributed by atoms with E-state index in [4.69, 9.17) is 14.7 Å². The molecule has 1 aliphatic rings. The van der Waals surface area contributed by atoms with Crippen LogP contribution < -0.4 is 15.4 Å². The molecule has 0 radical (unpaired) electrons. The van der Waals surface area contributed by atoms with Crippen molar-refractivity contribution in [1.82, 2.24) is 9.97 Å². The van der Waals surface area contributed by atoms with Gasteiger partial charge < -0.3 is 20.1 Å². The Morgan fingerprint density at radius 2 is 1.75 bits per heavy atom. The Labute approximate surface area is 215 Å². The van der Waals surface area contributed by atoms with E-state index in [1.165, 1.54) is 24.8 Å². The summed E-state index contributed by atoms with van der Waals surface area (Å²) < 4.78 is 10.6. The Hall–Kier alpha value is -3.45. The van der Waals surface area contributed by atoms with E-state index in [2.05, 4.69) is 39.4 Å². The maximum atomic E-state index is 6.09. The summed E-state index contributed by atoms with van der Waals surface area (Å²) in [4.78, 5) is 13.9. The number of hydrogen-bond acceptors (Lipinski definition) is 6. The first kappa shape index (κ1) is 27.1. The van der Waals surface area contributed by atoms with Gasteiger partial charge in [-0.05, 0) is 57.4 Å². The van der Waals surface area contributed by atoms with Gasteiger partial charge in [0.25, 0.3) is 0 Å². The molecule has 36 heavy (non-hydrogen) atoms. The molecule has 0 saturated carbocycles. The lowest BCUT2D eigenvalue weighted by atomic mass is 10.1. The lowest BCUT2D eigenvalue weighted by molar-refractivity contribution is 0.215. The number of ether oxygens (including phenoxy) is 2. The number of hydrogen-bond donors (Lipinski definition) is 2. The largest absolute Gasteiger partial charge is 0.493 e. The molecule has 0 unspecified atom stereocenters. The van der Waals surface area contributed by atoms with Gasteiger partial charge in [-0.15, -0.1) is 0 Å². The number of allylic oxidation sites excluding steroid dienone is 1. The quantitative estimate of drug-likeness (QED) is 0.400. The SMILES string of the molecule is CCOC.CN=C1/C=C(\C)CCCCCCOc2ccccc2CNc2nc(c3ccccc3n2)N1. The number of nitrogens with one attached hydrogen (secondary N) is 2. The highest BCUT2D eigenvalue weighted by Gasteiger charge is 2.11. The molecule has 0 amide bonds. The van der Waals surface area contributed by atoms with Crippen LogP contribution in [-0.2, 0) is 11.3 Å². The first-order valence-electron chi connectivity index (χ1n) is 12.8. The summed E-state index contributed by atoms with van der Waals surface area (Å²) in [5.41, 5.74) is 3.28. The molecule has 7 nitrogen and oxygen atoms in total. The fourth-order valence-electron chi connectivity index (χ4n) is 3.84. The molecule has 0 saturated heterocycles. The minimum Gasteiger partial charge on any atom is -0.493 e. The molecular weight excluding hydrogens is 450 g/mol. The van der Waals surface area contributed by atoms with E-state index in [0.29, 0.717) is 12.5 Å². The zero-order valence-electron chi connectivity index (χ0n) is 22.0. The number of benzene rings is 2. The molecule has 0 spiro atoms. The van der Waals surface area contributed by atoms with E-state index < -0.39 is 0 Å². The van der Waals surface area contributed by atoms with E-state index in [0.717, 1.165) is 59.9 Å². The average molecular weight is 490 g/mol. The van der Waals surface area contributed by atoms with Gasteiger partial charge in [0, 0.05) is 38.3 Å². The lowest BCUT2D eigenvalue weighted by Gasteiger charge is -2.15. The summed E-state index contributed by atoms with van der Waals surface area (Å²) in [5.74, 6) is 3.03. The third kappa shape index (κ3) is 8.34. The first-order valence-corrected chi connectivity index (χ1v) is 12.8. The first-order chi connectivity index (χ1) is 17.6. The van der Waals surface area contributed by atoms with E-state index >= 15 is 0 Å². The summed E-state index contributed by atoms with van der Waals surface area (Å²) in [7, 11) is 3.48. The Balaban J connectivity index is 0.000000840. The summed E-state index contributed by atoms with van der Waals surface area (Å²) in [6.07, 6.45) is 7.77. The molecule has 7 heteroatoms. The van der Waals surface area contributed by atoms with Gasteiger partial charge in [0.2, 0.25) is 5.95 Å². The number of fused-ring (bicyclic) bond motifs is 5. The molecular formula is C29H39N5O2. The Morgan fingerprint density at radius 1 is 1.00 bits per heavy atom. The number of methoxy groups -OCH3 is 1. The van der Waals surface area contributed by atoms with Crippen LogP contribution in [0.4, 0.5) is 11.8 Å². The zero-order valence-corrected chi connectivity index (χ0v) is 22.0. The second kappa shape index (κ2) is 14.8. The second-order valence-electron chi connectivity index (χ2n) is 8.69. The minimum absolute atomic E-state index is 0.568. The van der Waals surface area contributed by atoms with Gasteiger partial charge in [-0.25, -0.2) is 4.98 Å². The molecule has 2 N–H and O–H groups in total. The fraction of sp³-hybridized carbons (Fsp3) is 0.414. The summed E-state index contributed by atoms with van der Waals surface area (Å²) in [6.45, 7) is 6.26. The van der Waals surface area contributed by atoms with E-state index in [-0.39, 0.29) is 0 Å². The van der Waals surface area contributed by atoms with Crippen molar-refractivity contribution in [3.8, 4) is 5.75 Å². The van der Waals surface area contributed by atoms with E-state index in [1.54, 1.807) is 14.2 Å². The van der Waals surface area contributed by atoms with Crippen LogP contribution in [0.5, 0.6) is 5.75 Å². The second-order valence-corrected chi connectivity index (χ2v) is 8.69. The number of para-hydroxylation sites is 2. The molecule has 192 valence electrons. The number of aliphatic imine (C=N–C) groups is 1. The van der Waals surface area contributed by atoms with Crippen molar-refractivity contribution in [2.45, 2.75) is 52.5 Å². The summed E-state index contributed by atoms with van der Waals surface area (Å²) in [6, 6.07) is 16.2. The van der Waals surface area contributed by atoms with Crippen LogP contribution in [0.1, 0.15) is 51.5 Å². The predicted octanol–water partition coefficient (Wildman–Crippen LogP) is 6.62. The van der Waals surface area contributed by atoms with Crippen LogP contribution in [0.15, 0.2) is 65.2 Å². The monoisotopic (exact) mass is 489 g/mol. The van der Waals surface area contributed by atoms with Gasteiger partial charge >= 0.3 is 0 Å². The summed E-state index contributed by atoms with van der Waals surface area (Å²) >= 11 is 0. The van der Waals surface area contributed by atoms with Crippen molar-refractivity contribution >= 4 is 28.5 Å². The van der Waals surface area contributed by atoms with Crippen LogP contribution in [0.3, 0.4) is 0 Å². The van der Waals surface area contributed by atoms with Gasteiger partial charge in [-0.1, -0.05) is 48.7 Å². The minimum atomic E-state index is 0.568. The Morgan fingerprint density at radius 3 is 2.56 bits per heavy atom. The number of aromatic nitrogens is 2. The van der Waals surface area contributed by atoms with Gasteiger partial charge in [-0.3, -0.25) is 4.99 Å². The number of anilines is 2. The van der Waals surface area contributed by atoms with Crippen molar-refractivity contribution in [3.05, 3.63) is 65.7 Å².